The minimum absolute atomic E-state index is 0.0637. The van der Waals surface area contributed by atoms with Gasteiger partial charge in [0.25, 0.3) is 0 Å². The molecule has 0 fully saturated rings. The van der Waals surface area contributed by atoms with Crippen molar-refractivity contribution in [2.24, 2.45) is 0 Å². The number of carbonyl (C=O) groups is 1. The fourth-order valence-electron chi connectivity index (χ4n) is 2.28. The van der Waals surface area contributed by atoms with Gasteiger partial charge in [0.1, 0.15) is 6.61 Å². The quantitative estimate of drug-likeness (QED) is 0.915. The normalized spacial score (nSPS) is 12.0. The third kappa shape index (κ3) is 3.92. The number of benzene rings is 2. The molecule has 0 aliphatic heterocycles. The van der Waals surface area contributed by atoms with E-state index in [0.29, 0.717) is 0 Å². The van der Waals surface area contributed by atoms with Crippen molar-refractivity contribution in [1.29, 1.82) is 0 Å². The molecule has 1 amide bonds. The summed E-state index contributed by atoms with van der Waals surface area (Å²) >= 11 is 0. The summed E-state index contributed by atoms with van der Waals surface area (Å²) in [5, 5.41) is 3.03. The predicted octanol–water partition coefficient (Wildman–Crippen LogP) is 3.16. The molecule has 110 valence electrons. The third-order valence-electron chi connectivity index (χ3n) is 3.58. The molecule has 21 heavy (non-hydrogen) atoms. The molecule has 0 saturated heterocycles. The lowest BCUT2D eigenvalue weighted by Crippen LogP contribution is -2.32. The summed E-state index contributed by atoms with van der Waals surface area (Å²) in [6.07, 6.45) is 0. The minimum Gasteiger partial charge on any atom is -0.375 e. The molecular weight excluding hydrogens is 262 g/mol. The Labute approximate surface area is 126 Å². The van der Waals surface area contributed by atoms with Crippen LogP contribution in [-0.2, 0) is 9.53 Å². The number of hydrogen-bond donors (Lipinski definition) is 1. The zero-order valence-corrected chi connectivity index (χ0v) is 12.7. The number of rotatable bonds is 5. The van der Waals surface area contributed by atoms with Crippen LogP contribution in [0.15, 0.2) is 48.5 Å². The number of carbonyl (C=O) groups excluding carboxylic acids is 1. The van der Waals surface area contributed by atoms with Crippen LogP contribution >= 0.6 is 0 Å². The molecule has 0 spiro atoms. The van der Waals surface area contributed by atoms with Crippen LogP contribution in [0.5, 0.6) is 0 Å². The first-order valence-corrected chi connectivity index (χ1v) is 7.02. The van der Waals surface area contributed by atoms with E-state index in [4.69, 9.17) is 4.74 Å². The van der Waals surface area contributed by atoms with E-state index in [1.54, 1.807) is 0 Å². The largest absolute Gasteiger partial charge is 0.375 e. The van der Waals surface area contributed by atoms with Gasteiger partial charge in [-0.05, 0) is 36.1 Å². The highest BCUT2D eigenvalue weighted by Crippen LogP contribution is 2.24. The van der Waals surface area contributed by atoms with Crippen molar-refractivity contribution in [3.8, 4) is 0 Å². The molecule has 3 nitrogen and oxygen atoms in total. The number of hydrogen-bond acceptors (Lipinski definition) is 2. The Kier molecular flexibility index (Phi) is 5.12. The summed E-state index contributed by atoms with van der Waals surface area (Å²) < 4.78 is 4.91. The Bertz CT molecular complexity index is 608. The lowest BCUT2D eigenvalue weighted by Gasteiger charge is -2.20. The topological polar surface area (TPSA) is 38.3 Å². The SMILES string of the molecule is COCC(=O)NC(c1ccccc1)c1ccc(C)c(C)c1. The monoisotopic (exact) mass is 283 g/mol. The van der Waals surface area contributed by atoms with Crippen LogP contribution in [0.3, 0.4) is 0 Å². The van der Waals surface area contributed by atoms with Crippen molar-refractivity contribution < 1.29 is 9.53 Å². The van der Waals surface area contributed by atoms with Crippen molar-refractivity contribution in [1.82, 2.24) is 5.32 Å². The molecule has 1 atom stereocenters. The number of aryl methyl sites for hydroxylation is 2. The fraction of sp³-hybridized carbons (Fsp3) is 0.278. The van der Waals surface area contributed by atoms with Crippen molar-refractivity contribution in [3.05, 3.63) is 70.8 Å². The Morgan fingerprint density at radius 3 is 2.38 bits per heavy atom. The van der Waals surface area contributed by atoms with E-state index in [2.05, 4.69) is 37.4 Å². The van der Waals surface area contributed by atoms with Gasteiger partial charge < -0.3 is 10.1 Å². The van der Waals surface area contributed by atoms with Gasteiger partial charge >= 0.3 is 0 Å². The van der Waals surface area contributed by atoms with Crippen LogP contribution in [0, 0.1) is 13.8 Å². The number of nitrogens with one attached hydrogen (secondary N) is 1. The summed E-state index contributed by atoms with van der Waals surface area (Å²) in [4.78, 5) is 11.9. The molecule has 1 unspecified atom stereocenters. The molecule has 3 heteroatoms. The van der Waals surface area contributed by atoms with Crippen LogP contribution < -0.4 is 5.32 Å². The van der Waals surface area contributed by atoms with E-state index < -0.39 is 0 Å². The minimum atomic E-state index is -0.159. The van der Waals surface area contributed by atoms with E-state index in [9.17, 15) is 4.79 Å². The van der Waals surface area contributed by atoms with Gasteiger partial charge in [0.15, 0.2) is 0 Å². The molecular formula is C18H21NO2. The Hall–Kier alpha value is -2.13. The average Bonchev–Trinajstić information content (AvgIpc) is 2.49. The van der Waals surface area contributed by atoms with Gasteiger partial charge in [-0.2, -0.15) is 0 Å². The standard InChI is InChI=1S/C18H21NO2/c1-13-9-10-16(11-14(13)2)18(19-17(20)12-21-3)15-7-5-4-6-8-15/h4-11,18H,12H2,1-3H3,(H,19,20). The predicted molar refractivity (Wildman–Crippen MR) is 84.2 cm³/mol. The van der Waals surface area contributed by atoms with Crippen LogP contribution in [0.2, 0.25) is 0 Å². The molecule has 2 aromatic carbocycles. The van der Waals surface area contributed by atoms with Crippen molar-refractivity contribution in [3.63, 3.8) is 0 Å². The molecule has 0 aliphatic carbocycles. The first-order chi connectivity index (χ1) is 10.1. The first kappa shape index (κ1) is 15.3. The molecule has 0 aromatic heterocycles. The van der Waals surface area contributed by atoms with E-state index in [0.717, 1.165) is 11.1 Å². The van der Waals surface area contributed by atoms with Crippen LogP contribution in [-0.4, -0.2) is 19.6 Å². The van der Waals surface area contributed by atoms with Crippen molar-refractivity contribution >= 4 is 5.91 Å². The lowest BCUT2D eigenvalue weighted by molar-refractivity contribution is -0.125. The second kappa shape index (κ2) is 7.04. The van der Waals surface area contributed by atoms with E-state index in [1.807, 2.05) is 30.3 Å². The zero-order valence-electron chi connectivity index (χ0n) is 12.7. The molecule has 0 bridgehead atoms. The fourth-order valence-corrected chi connectivity index (χ4v) is 2.28. The number of amides is 1. The van der Waals surface area contributed by atoms with E-state index in [-0.39, 0.29) is 18.6 Å². The Morgan fingerprint density at radius 2 is 1.76 bits per heavy atom. The first-order valence-electron chi connectivity index (χ1n) is 7.02. The molecule has 0 saturated carbocycles. The molecule has 2 aromatic rings. The molecule has 0 radical (unpaired) electrons. The maximum absolute atomic E-state index is 11.9. The molecule has 1 N–H and O–H groups in total. The summed E-state index contributed by atoms with van der Waals surface area (Å²) in [6.45, 7) is 4.23. The van der Waals surface area contributed by atoms with E-state index >= 15 is 0 Å². The lowest BCUT2D eigenvalue weighted by atomic mass is 9.95. The summed E-state index contributed by atoms with van der Waals surface area (Å²) in [7, 11) is 1.52. The summed E-state index contributed by atoms with van der Waals surface area (Å²) in [5.41, 5.74) is 4.60. The summed E-state index contributed by atoms with van der Waals surface area (Å²) in [6, 6.07) is 16.1. The average molecular weight is 283 g/mol. The maximum Gasteiger partial charge on any atom is 0.246 e. The van der Waals surface area contributed by atoms with Gasteiger partial charge in [-0.15, -0.1) is 0 Å². The van der Waals surface area contributed by atoms with Crippen molar-refractivity contribution in [2.45, 2.75) is 19.9 Å². The smallest absolute Gasteiger partial charge is 0.246 e. The van der Waals surface area contributed by atoms with Crippen LogP contribution in [0.25, 0.3) is 0 Å². The van der Waals surface area contributed by atoms with Crippen LogP contribution in [0.1, 0.15) is 28.3 Å². The van der Waals surface area contributed by atoms with Gasteiger partial charge in [0, 0.05) is 7.11 Å². The third-order valence-corrected chi connectivity index (χ3v) is 3.58. The molecule has 2 rings (SSSR count). The van der Waals surface area contributed by atoms with E-state index in [1.165, 1.54) is 18.2 Å². The Morgan fingerprint density at radius 1 is 1.05 bits per heavy atom. The van der Waals surface area contributed by atoms with Gasteiger partial charge in [-0.25, -0.2) is 0 Å². The second-order valence-electron chi connectivity index (χ2n) is 5.19. The zero-order chi connectivity index (χ0) is 15.2. The highest BCUT2D eigenvalue weighted by molar-refractivity contribution is 5.78. The highest BCUT2D eigenvalue weighted by Gasteiger charge is 2.17. The number of ether oxygens (including phenoxy) is 1. The van der Waals surface area contributed by atoms with Crippen LogP contribution in [0.4, 0.5) is 0 Å². The van der Waals surface area contributed by atoms with Gasteiger partial charge in [0.05, 0.1) is 6.04 Å². The van der Waals surface area contributed by atoms with Gasteiger partial charge in [0.2, 0.25) is 5.91 Å². The molecule has 0 aliphatic rings. The Balaban J connectivity index is 2.35. The second-order valence-corrected chi connectivity index (χ2v) is 5.19. The van der Waals surface area contributed by atoms with Gasteiger partial charge in [-0.1, -0.05) is 48.5 Å². The number of methoxy groups -OCH3 is 1. The molecule has 0 heterocycles. The maximum atomic E-state index is 11.9. The van der Waals surface area contributed by atoms with Crippen molar-refractivity contribution in [2.75, 3.05) is 13.7 Å². The highest BCUT2D eigenvalue weighted by atomic mass is 16.5. The summed E-state index contributed by atoms with van der Waals surface area (Å²) in [5.74, 6) is -0.121. The van der Waals surface area contributed by atoms with Gasteiger partial charge in [-0.3, -0.25) is 4.79 Å².